The minimum absolute atomic E-state index is 0.107. The Morgan fingerprint density at radius 2 is 0.912 bits per heavy atom. The number of ether oxygens (including phenoxy) is 5. The highest BCUT2D eigenvalue weighted by molar-refractivity contribution is 5.69. The highest BCUT2D eigenvalue weighted by Crippen LogP contribution is 2.37. The Morgan fingerprint density at radius 1 is 0.509 bits per heavy atom. The predicted molar refractivity (Wildman–Crippen MR) is 217 cm³/mol. The van der Waals surface area contributed by atoms with Gasteiger partial charge in [0, 0.05) is 12.8 Å². The molecule has 2 heterocycles. The average Bonchev–Trinajstić information content (AvgIpc) is 3.44. The molecule has 9 atom stereocenters. The summed E-state index contributed by atoms with van der Waals surface area (Å²) >= 11 is 0. The molecular weight excluding hydrogens is 736 g/mol. The molecule has 13 nitrogen and oxygen atoms in total. The van der Waals surface area contributed by atoms with Crippen molar-refractivity contribution < 1.29 is 63.9 Å². The molecule has 2 saturated heterocycles. The van der Waals surface area contributed by atoms with E-state index in [0.717, 1.165) is 38.5 Å². The van der Waals surface area contributed by atoms with E-state index in [4.69, 9.17) is 23.7 Å². The van der Waals surface area contributed by atoms with E-state index in [-0.39, 0.29) is 12.8 Å². The number of carbonyl (C=O) groups is 2. The van der Waals surface area contributed by atoms with Crippen molar-refractivity contribution in [2.75, 3.05) is 19.8 Å². The van der Waals surface area contributed by atoms with Crippen LogP contribution in [0.5, 0.6) is 0 Å². The van der Waals surface area contributed by atoms with Crippen LogP contribution in [0.3, 0.4) is 0 Å². The van der Waals surface area contributed by atoms with Gasteiger partial charge in [0.05, 0.1) is 6.61 Å². The molecule has 0 aliphatic carbocycles. The van der Waals surface area contributed by atoms with Gasteiger partial charge >= 0.3 is 11.9 Å². The summed E-state index contributed by atoms with van der Waals surface area (Å²) in [7, 11) is 0. The molecule has 2 rings (SSSR count). The molecule has 2 aliphatic rings. The zero-order chi connectivity index (χ0) is 41.7. The van der Waals surface area contributed by atoms with E-state index < -0.39 is 86.6 Å². The first kappa shape index (κ1) is 51.7. The summed E-state index contributed by atoms with van der Waals surface area (Å²) in [4.78, 5) is 25.2. The molecule has 13 heteroatoms. The van der Waals surface area contributed by atoms with Crippen molar-refractivity contribution in [3.05, 3.63) is 0 Å². The molecule has 0 radical (unpaired) electrons. The molecule has 57 heavy (non-hydrogen) atoms. The Kier molecular flexibility index (Phi) is 28.5. The van der Waals surface area contributed by atoms with Crippen molar-refractivity contribution in [3.8, 4) is 0 Å². The van der Waals surface area contributed by atoms with Crippen LogP contribution in [-0.2, 0) is 33.3 Å². The van der Waals surface area contributed by atoms with Crippen LogP contribution >= 0.6 is 0 Å². The van der Waals surface area contributed by atoms with Gasteiger partial charge in [-0.2, -0.15) is 0 Å². The van der Waals surface area contributed by atoms with Crippen LogP contribution in [-0.4, -0.2) is 117 Å². The van der Waals surface area contributed by atoms with Gasteiger partial charge in [0.15, 0.2) is 6.29 Å². The lowest BCUT2D eigenvalue weighted by molar-refractivity contribution is -0.383. The van der Waals surface area contributed by atoms with Crippen LogP contribution in [0.2, 0.25) is 0 Å². The number of unbranched alkanes of at least 4 members (excludes halogenated alkanes) is 24. The lowest BCUT2D eigenvalue weighted by Gasteiger charge is -2.43. The summed E-state index contributed by atoms with van der Waals surface area (Å²) in [5, 5.41) is 63.4. The molecule has 0 aromatic rings. The lowest BCUT2D eigenvalue weighted by Crippen LogP contribution is -2.63. The Morgan fingerprint density at radius 3 is 1.32 bits per heavy atom. The van der Waals surface area contributed by atoms with Gasteiger partial charge in [-0.25, -0.2) is 0 Å². The molecule has 0 aromatic heterocycles. The van der Waals surface area contributed by atoms with E-state index in [9.17, 15) is 40.2 Å². The SMILES string of the molecule is CCCCCCCCCCCCCCCC(=O)OCC1OC(OC2(COC(=O)CCCCCCCCCCCCCCC)OC(CO)C(O)C2O)C(O)C(O)C1O. The van der Waals surface area contributed by atoms with E-state index in [2.05, 4.69) is 13.8 Å². The zero-order valence-corrected chi connectivity index (χ0v) is 35.6. The Bertz CT molecular complexity index is 1020. The Balaban J connectivity index is 1.75. The molecule has 9 unspecified atom stereocenters. The molecule has 0 amide bonds. The normalized spacial score (nSPS) is 27.5. The van der Waals surface area contributed by atoms with E-state index >= 15 is 0 Å². The molecule has 6 N–H and O–H groups in total. The Labute approximate surface area is 343 Å². The summed E-state index contributed by atoms with van der Waals surface area (Å²) in [6.45, 7) is 2.58. The number of aliphatic hydroxyl groups is 6. The van der Waals surface area contributed by atoms with Crippen molar-refractivity contribution in [3.63, 3.8) is 0 Å². The van der Waals surface area contributed by atoms with Gasteiger partial charge in [-0.1, -0.05) is 168 Å². The highest BCUT2D eigenvalue weighted by Gasteiger charge is 2.59. The van der Waals surface area contributed by atoms with Gasteiger partial charge in [0.2, 0.25) is 5.79 Å². The van der Waals surface area contributed by atoms with Crippen LogP contribution < -0.4 is 0 Å². The minimum Gasteiger partial charge on any atom is -0.463 e. The largest absolute Gasteiger partial charge is 0.463 e. The van der Waals surface area contributed by atoms with Crippen molar-refractivity contribution >= 4 is 11.9 Å². The van der Waals surface area contributed by atoms with Crippen molar-refractivity contribution in [1.82, 2.24) is 0 Å². The second-order valence-electron chi connectivity index (χ2n) is 16.5. The first-order valence-electron chi connectivity index (χ1n) is 22.9. The van der Waals surface area contributed by atoms with Crippen molar-refractivity contribution in [2.24, 2.45) is 0 Å². The summed E-state index contributed by atoms with van der Waals surface area (Å²) in [5.41, 5.74) is 0. The lowest BCUT2D eigenvalue weighted by atomic mass is 9.99. The molecule has 2 fully saturated rings. The molecular formula is C44H82O13. The molecule has 336 valence electrons. The number of carbonyl (C=O) groups excluding carboxylic acids is 2. The van der Waals surface area contributed by atoms with E-state index in [1.807, 2.05) is 0 Å². The fourth-order valence-electron chi connectivity index (χ4n) is 7.68. The van der Waals surface area contributed by atoms with Gasteiger partial charge in [0.1, 0.15) is 55.9 Å². The predicted octanol–water partition coefficient (Wildman–Crippen LogP) is 6.67. The first-order valence-corrected chi connectivity index (χ1v) is 22.9. The summed E-state index contributed by atoms with van der Waals surface area (Å²) in [6.07, 6.45) is 17.4. The topological polar surface area (TPSA) is 202 Å². The number of aliphatic hydroxyl groups excluding tert-OH is 6. The third kappa shape index (κ3) is 20.6. The fourth-order valence-corrected chi connectivity index (χ4v) is 7.68. The van der Waals surface area contributed by atoms with E-state index in [1.54, 1.807) is 0 Å². The van der Waals surface area contributed by atoms with Gasteiger partial charge in [-0.3, -0.25) is 9.59 Å². The summed E-state index contributed by atoms with van der Waals surface area (Å²) in [6, 6.07) is 0. The zero-order valence-electron chi connectivity index (χ0n) is 35.6. The average molecular weight is 819 g/mol. The third-order valence-electron chi connectivity index (χ3n) is 11.5. The number of hydrogen-bond acceptors (Lipinski definition) is 13. The quantitative estimate of drug-likeness (QED) is 0.0293. The smallest absolute Gasteiger partial charge is 0.305 e. The minimum atomic E-state index is -2.29. The van der Waals surface area contributed by atoms with Crippen molar-refractivity contribution in [1.29, 1.82) is 0 Å². The summed E-state index contributed by atoms with van der Waals surface area (Å²) < 4.78 is 28.0. The second kappa shape index (κ2) is 31.5. The molecule has 2 aliphatic heterocycles. The third-order valence-corrected chi connectivity index (χ3v) is 11.5. The van der Waals surface area contributed by atoms with Gasteiger partial charge in [-0.15, -0.1) is 0 Å². The summed E-state index contributed by atoms with van der Waals surface area (Å²) in [5.74, 6) is -3.38. The van der Waals surface area contributed by atoms with Gasteiger partial charge < -0.3 is 54.3 Å². The second-order valence-corrected chi connectivity index (χ2v) is 16.5. The number of hydrogen-bond donors (Lipinski definition) is 6. The van der Waals surface area contributed by atoms with Gasteiger partial charge in [-0.05, 0) is 12.8 Å². The molecule has 0 spiro atoms. The first-order chi connectivity index (χ1) is 27.6. The standard InChI is InChI=1S/C44H82O13/c1-3-5-7-9-11-13-15-17-19-21-23-25-27-29-36(46)53-32-35-38(48)40(50)41(51)43(55-35)57-44(42(52)39(49)34(31-45)56-44)33-54-37(47)30-28-26-24-22-20-18-16-14-12-10-8-6-4-2/h34-35,38-43,45,48-52H,3-33H2,1-2H3. The maximum Gasteiger partial charge on any atom is 0.305 e. The maximum atomic E-state index is 12.7. The van der Waals surface area contributed by atoms with Crippen LogP contribution in [0.4, 0.5) is 0 Å². The van der Waals surface area contributed by atoms with Gasteiger partial charge in [0.25, 0.3) is 0 Å². The van der Waals surface area contributed by atoms with Crippen LogP contribution in [0.25, 0.3) is 0 Å². The fraction of sp³-hybridized carbons (Fsp3) is 0.955. The molecule has 0 saturated carbocycles. The highest BCUT2D eigenvalue weighted by atomic mass is 16.8. The van der Waals surface area contributed by atoms with Crippen molar-refractivity contribution in [2.45, 2.75) is 248 Å². The van der Waals surface area contributed by atoms with E-state index in [0.29, 0.717) is 12.8 Å². The van der Waals surface area contributed by atoms with E-state index in [1.165, 1.54) is 116 Å². The van der Waals surface area contributed by atoms with Crippen LogP contribution in [0, 0.1) is 0 Å². The molecule has 0 bridgehead atoms. The number of esters is 2. The maximum absolute atomic E-state index is 12.7. The van der Waals surface area contributed by atoms with Crippen LogP contribution in [0.1, 0.15) is 194 Å². The Hall–Kier alpha value is -1.42. The van der Waals surface area contributed by atoms with Crippen LogP contribution in [0.15, 0.2) is 0 Å². The number of rotatable bonds is 35. The molecule has 0 aromatic carbocycles. The monoisotopic (exact) mass is 819 g/mol.